The van der Waals surface area contributed by atoms with Crippen molar-refractivity contribution in [1.82, 2.24) is 5.32 Å². The molecule has 0 heterocycles. The number of hydrogen-bond acceptors (Lipinski definition) is 5. The van der Waals surface area contributed by atoms with Crippen LogP contribution in [-0.2, 0) is 11.2 Å². The van der Waals surface area contributed by atoms with E-state index in [0.717, 1.165) is 15.6 Å². The van der Waals surface area contributed by atoms with Gasteiger partial charge in [-0.3, -0.25) is 4.79 Å². The molecule has 0 fully saturated rings. The fourth-order valence-corrected chi connectivity index (χ4v) is 3.25. The molecule has 0 saturated carbocycles. The van der Waals surface area contributed by atoms with E-state index in [2.05, 4.69) is 21.2 Å². The lowest BCUT2D eigenvalue weighted by Crippen LogP contribution is -2.23. The third-order valence-electron chi connectivity index (χ3n) is 4.04. The summed E-state index contributed by atoms with van der Waals surface area (Å²) in [5.41, 5.74) is 1.87. The molecule has 0 aliphatic heterocycles. The largest absolute Gasteiger partial charge is 0.493 e. The normalized spacial score (nSPS) is 10.6. The van der Waals surface area contributed by atoms with E-state index in [-0.39, 0.29) is 5.91 Å². The van der Waals surface area contributed by atoms with Crippen molar-refractivity contribution in [3.63, 3.8) is 0 Å². The minimum atomic E-state index is -0.175. The molecular formula is C21H24BrNO5. The molecule has 0 aliphatic rings. The first-order valence-corrected chi connectivity index (χ1v) is 9.40. The van der Waals surface area contributed by atoms with Crippen molar-refractivity contribution in [1.29, 1.82) is 0 Å². The number of nitrogens with one attached hydrogen (secondary N) is 1. The van der Waals surface area contributed by atoms with Crippen molar-refractivity contribution in [3.8, 4) is 23.0 Å². The molecule has 150 valence electrons. The summed E-state index contributed by atoms with van der Waals surface area (Å²) in [7, 11) is 6.34. The average molecular weight is 450 g/mol. The summed E-state index contributed by atoms with van der Waals surface area (Å²) in [6.45, 7) is 0.508. The topological polar surface area (TPSA) is 66.0 Å². The van der Waals surface area contributed by atoms with Gasteiger partial charge in [-0.05, 0) is 63.8 Å². The number of hydrogen-bond donors (Lipinski definition) is 1. The lowest BCUT2D eigenvalue weighted by Gasteiger charge is -2.10. The Balaban J connectivity index is 1.93. The summed E-state index contributed by atoms with van der Waals surface area (Å²) >= 11 is 3.44. The Hall–Kier alpha value is -2.67. The standard InChI is InChI=1S/C21H24BrNO5/c1-25-17-7-5-14(12-18(17)26-2)9-10-23-20(24)8-6-15-11-16(22)21(28-4)19(13-15)27-3/h5-8,11-13H,9-10H2,1-4H3,(H,23,24)/b8-6+. The summed E-state index contributed by atoms with van der Waals surface area (Å²) in [5.74, 6) is 2.38. The van der Waals surface area contributed by atoms with Crippen LogP contribution in [0.4, 0.5) is 0 Å². The molecule has 0 saturated heterocycles. The molecule has 1 N–H and O–H groups in total. The first kappa shape index (κ1) is 21.6. The Morgan fingerprint density at radius 3 is 2.32 bits per heavy atom. The first-order chi connectivity index (χ1) is 13.5. The van der Waals surface area contributed by atoms with Crippen molar-refractivity contribution in [3.05, 3.63) is 52.0 Å². The number of benzene rings is 2. The predicted octanol–water partition coefficient (Wildman–Crippen LogP) is 3.86. The Bertz CT molecular complexity index is 851. The molecule has 28 heavy (non-hydrogen) atoms. The molecule has 7 heteroatoms. The quantitative estimate of drug-likeness (QED) is 0.588. The molecule has 2 rings (SSSR count). The minimum Gasteiger partial charge on any atom is -0.493 e. The lowest BCUT2D eigenvalue weighted by atomic mass is 10.1. The van der Waals surface area contributed by atoms with Gasteiger partial charge in [-0.25, -0.2) is 0 Å². The van der Waals surface area contributed by atoms with Crippen molar-refractivity contribution < 1.29 is 23.7 Å². The molecular weight excluding hydrogens is 426 g/mol. The van der Waals surface area contributed by atoms with E-state index in [9.17, 15) is 4.79 Å². The van der Waals surface area contributed by atoms with Crippen molar-refractivity contribution in [2.75, 3.05) is 35.0 Å². The molecule has 0 aliphatic carbocycles. The van der Waals surface area contributed by atoms with E-state index in [1.807, 2.05) is 24.3 Å². The van der Waals surface area contributed by atoms with Gasteiger partial charge in [0.25, 0.3) is 0 Å². The van der Waals surface area contributed by atoms with Gasteiger partial charge in [0.1, 0.15) is 0 Å². The van der Waals surface area contributed by atoms with Gasteiger partial charge in [-0.15, -0.1) is 0 Å². The van der Waals surface area contributed by atoms with Crippen molar-refractivity contribution in [2.45, 2.75) is 6.42 Å². The maximum Gasteiger partial charge on any atom is 0.244 e. The number of amides is 1. The summed E-state index contributed by atoms with van der Waals surface area (Å²) in [6, 6.07) is 9.36. The van der Waals surface area contributed by atoms with Crippen LogP contribution in [0.3, 0.4) is 0 Å². The predicted molar refractivity (Wildman–Crippen MR) is 113 cm³/mol. The molecule has 2 aromatic rings. The van der Waals surface area contributed by atoms with Gasteiger partial charge in [0.05, 0.1) is 32.9 Å². The fourth-order valence-electron chi connectivity index (χ4n) is 2.63. The van der Waals surface area contributed by atoms with E-state index in [0.29, 0.717) is 36.0 Å². The molecule has 2 aromatic carbocycles. The van der Waals surface area contributed by atoms with Gasteiger partial charge in [0.15, 0.2) is 23.0 Å². The number of methoxy groups -OCH3 is 4. The fraction of sp³-hybridized carbons (Fsp3) is 0.286. The highest BCUT2D eigenvalue weighted by Gasteiger charge is 2.09. The average Bonchev–Trinajstić information content (AvgIpc) is 2.71. The zero-order valence-electron chi connectivity index (χ0n) is 16.4. The Kier molecular flexibility index (Phi) is 8.19. The highest BCUT2D eigenvalue weighted by Crippen LogP contribution is 2.36. The molecule has 0 unspecified atom stereocenters. The van der Waals surface area contributed by atoms with Crippen molar-refractivity contribution in [2.24, 2.45) is 0 Å². The van der Waals surface area contributed by atoms with E-state index < -0.39 is 0 Å². The van der Waals surface area contributed by atoms with Crippen LogP contribution in [-0.4, -0.2) is 40.9 Å². The van der Waals surface area contributed by atoms with E-state index >= 15 is 0 Å². The SMILES string of the molecule is COc1ccc(CCNC(=O)/C=C/c2cc(Br)c(OC)c(OC)c2)cc1OC. The van der Waals surface area contributed by atoms with Gasteiger partial charge in [0.2, 0.25) is 5.91 Å². The van der Waals surface area contributed by atoms with Crippen LogP contribution in [0.25, 0.3) is 6.08 Å². The van der Waals surface area contributed by atoms with Gasteiger partial charge >= 0.3 is 0 Å². The maximum atomic E-state index is 12.1. The summed E-state index contributed by atoms with van der Waals surface area (Å²) < 4.78 is 21.9. The van der Waals surface area contributed by atoms with Crippen molar-refractivity contribution >= 4 is 27.9 Å². The van der Waals surface area contributed by atoms with Crippen LogP contribution in [0.2, 0.25) is 0 Å². The van der Waals surface area contributed by atoms with Crippen LogP contribution in [0, 0.1) is 0 Å². The van der Waals surface area contributed by atoms with Crippen LogP contribution in [0.1, 0.15) is 11.1 Å². The third kappa shape index (κ3) is 5.66. The van der Waals surface area contributed by atoms with Crippen LogP contribution in [0.5, 0.6) is 23.0 Å². The highest BCUT2D eigenvalue weighted by atomic mass is 79.9. The van der Waals surface area contributed by atoms with Gasteiger partial charge in [-0.1, -0.05) is 6.07 Å². The highest BCUT2D eigenvalue weighted by molar-refractivity contribution is 9.10. The lowest BCUT2D eigenvalue weighted by molar-refractivity contribution is -0.116. The Labute approximate surface area is 173 Å². The molecule has 0 bridgehead atoms. The summed E-state index contributed by atoms with van der Waals surface area (Å²) in [5, 5.41) is 2.87. The monoisotopic (exact) mass is 449 g/mol. The first-order valence-electron chi connectivity index (χ1n) is 8.60. The second-order valence-electron chi connectivity index (χ2n) is 5.80. The van der Waals surface area contributed by atoms with Crippen LogP contribution < -0.4 is 24.3 Å². The number of rotatable bonds is 9. The summed E-state index contributed by atoms with van der Waals surface area (Å²) in [6.07, 6.45) is 3.89. The number of carbonyl (C=O) groups is 1. The zero-order valence-corrected chi connectivity index (χ0v) is 18.0. The number of halogens is 1. The van der Waals surface area contributed by atoms with E-state index in [1.54, 1.807) is 40.6 Å². The molecule has 0 spiro atoms. The van der Waals surface area contributed by atoms with E-state index in [1.165, 1.54) is 6.08 Å². The van der Waals surface area contributed by atoms with Gasteiger partial charge in [0, 0.05) is 12.6 Å². The number of ether oxygens (including phenoxy) is 4. The molecule has 6 nitrogen and oxygen atoms in total. The van der Waals surface area contributed by atoms with Crippen LogP contribution in [0.15, 0.2) is 40.9 Å². The van der Waals surface area contributed by atoms with E-state index in [4.69, 9.17) is 18.9 Å². The molecule has 0 radical (unpaired) electrons. The third-order valence-corrected chi connectivity index (χ3v) is 4.63. The Morgan fingerprint density at radius 2 is 1.68 bits per heavy atom. The minimum absolute atomic E-state index is 0.175. The van der Waals surface area contributed by atoms with Gasteiger partial charge in [-0.2, -0.15) is 0 Å². The molecule has 0 aromatic heterocycles. The Morgan fingerprint density at radius 1 is 0.964 bits per heavy atom. The molecule has 1 amide bonds. The molecule has 0 atom stereocenters. The second kappa shape index (κ2) is 10.6. The second-order valence-corrected chi connectivity index (χ2v) is 6.66. The van der Waals surface area contributed by atoms with Gasteiger partial charge < -0.3 is 24.3 Å². The number of carbonyl (C=O) groups excluding carboxylic acids is 1. The summed E-state index contributed by atoms with van der Waals surface area (Å²) in [4.78, 5) is 12.1. The zero-order chi connectivity index (χ0) is 20.5. The smallest absolute Gasteiger partial charge is 0.244 e. The van der Waals surface area contributed by atoms with Crippen LogP contribution >= 0.6 is 15.9 Å². The maximum absolute atomic E-state index is 12.1.